The summed E-state index contributed by atoms with van der Waals surface area (Å²) in [6.45, 7) is 10.2. The van der Waals surface area contributed by atoms with Gasteiger partial charge in [0.25, 0.3) is 0 Å². The maximum Gasteiger partial charge on any atom is 0.0408 e. The Hall–Kier alpha value is -0.530. The van der Waals surface area contributed by atoms with Crippen molar-refractivity contribution in [2.75, 3.05) is 6.54 Å². The fraction of sp³-hybridized carbons (Fsp3) is 0.647. The molecular weight excluding hydrogens is 254 g/mol. The molecule has 0 saturated carbocycles. The van der Waals surface area contributed by atoms with E-state index in [1.165, 1.54) is 24.8 Å². The third kappa shape index (κ3) is 7.59. The second-order valence-corrected chi connectivity index (χ2v) is 7.02. The van der Waals surface area contributed by atoms with Gasteiger partial charge in [-0.25, -0.2) is 0 Å². The van der Waals surface area contributed by atoms with E-state index in [1.54, 1.807) is 0 Å². The van der Waals surface area contributed by atoms with Crippen LogP contribution in [0.4, 0.5) is 0 Å². The van der Waals surface area contributed by atoms with Crippen molar-refractivity contribution in [2.45, 2.75) is 59.4 Å². The van der Waals surface area contributed by atoms with Crippen molar-refractivity contribution in [3.05, 3.63) is 34.9 Å². The molecule has 0 fully saturated rings. The lowest BCUT2D eigenvalue weighted by Crippen LogP contribution is -2.32. The van der Waals surface area contributed by atoms with E-state index in [4.69, 9.17) is 11.6 Å². The first-order valence-electron chi connectivity index (χ1n) is 7.38. The van der Waals surface area contributed by atoms with Crippen LogP contribution in [0.5, 0.6) is 0 Å². The van der Waals surface area contributed by atoms with Gasteiger partial charge in [-0.15, -0.1) is 0 Å². The SMILES string of the molecule is CCCNC(CCC(C)(C)C)Cc1cccc(Cl)c1. The van der Waals surface area contributed by atoms with Gasteiger partial charge in [-0.1, -0.05) is 51.4 Å². The molecule has 1 aromatic carbocycles. The van der Waals surface area contributed by atoms with Crippen molar-refractivity contribution in [1.82, 2.24) is 5.32 Å². The number of nitrogens with one attached hydrogen (secondary N) is 1. The summed E-state index contributed by atoms with van der Waals surface area (Å²) in [7, 11) is 0. The van der Waals surface area contributed by atoms with Gasteiger partial charge < -0.3 is 5.32 Å². The lowest BCUT2D eigenvalue weighted by Gasteiger charge is -2.24. The van der Waals surface area contributed by atoms with E-state index in [-0.39, 0.29) is 0 Å². The van der Waals surface area contributed by atoms with Crippen LogP contribution >= 0.6 is 11.6 Å². The highest BCUT2D eigenvalue weighted by Gasteiger charge is 2.15. The second kappa shape index (κ2) is 7.91. The predicted molar refractivity (Wildman–Crippen MR) is 85.9 cm³/mol. The molecule has 0 heterocycles. The Bertz CT molecular complexity index is 368. The maximum atomic E-state index is 6.06. The summed E-state index contributed by atoms with van der Waals surface area (Å²) in [6.07, 6.45) is 4.71. The molecule has 0 spiro atoms. The van der Waals surface area contributed by atoms with Crippen LogP contribution in [-0.2, 0) is 6.42 Å². The Kier molecular flexibility index (Phi) is 6.88. The molecule has 0 bridgehead atoms. The summed E-state index contributed by atoms with van der Waals surface area (Å²) in [5.74, 6) is 0. The third-order valence-corrected chi connectivity index (χ3v) is 3.53. The number of benzene rings is 1. The lowest BCUT2D eigenvalue weighted by atomic mass is 9.87. The maximum absolute atomic E-state index is 6.06. The highest BCUT2D eigenvalue weighted by molar-refractivity contribution is 6.30. The van der Waals surface area contributed by atoms with Crippen LogP contribution in [0.15, 0.2) is 24.3 Å². The molecule has 2 heteroatoms. The molecule has 1 atom stereocenters. The van der Waals surface area contributed by atoms with E-state index in [0.717, 1.165) is 18.0 Å². The van der Waals surface area contributed by atoms with Crippen molar-refractivity contribution in [2.24, 2.45) is 5.41 Å². The van der Waals surface area contributed by atoms with Gasteiger partial charge in [0.2, 0.25) is 0 Å². The minimum atomic E-state index is 0.403. The standard InChI is InChI=1S/C17H28ClN/c1-5-11-19-16(9-10-17(2,3)4)13-14-7-6-8-15(18)12-14/h6-8,12,16,19H,5,9-11,13H2,1-4H3. The minimum Gasteiger partial charge on any atom is -0.314 e. The average molecular weight is 282 g/mol. The lowest BCUT2D eigenvalue weighted by molar-refractivity contribution is 0.328. The molecule has 1 nitrogen and oxygen atoms in total. The highest BCUT2D eigenvalue weighted by atomic mass is 35.5. The van der Waals surface area contributed by atoms with Gasteiger partial charge in [-0.05, 0) is 55.3 Å². The van der Waals surface area contributed by atoms with Crippen LogP contribution in [0, 0.1) is 5.41 Å². The van der Waals surface area contributed by atoms with Gasteiger partial charge in [-0.3, -0.25) is 0 Å². The quantitative estimate of drug-likeness (QED) is 0.735. The molecule has 1 rings (SSSR count). The van der Waals surface area contributed by atoms with Crippen molar-refractivity contribution in [3.63, 3.8) is 0 Å². The van der Waals surface area contributed by atoms with Gasteiger partial charge in [0.15, 0.2) is 0 Å². The Morgan fingerprint density at radius 3 is 2.58 bits per heavy atom. The Morgan fingerprint density at radius 1 is 1.26 bits per heavy atom. The summed E-state index contributed by atoms with van der Waals surface area (Å²) >= 11 is 6.06. The molecule has 1 unspecified atom stereocenters. The van der Waals surface area contributed by atoms with Crippen LogP contribution in [0.25, 0.3) is 0 Å². The van der Waals surface area contributed by atoms with E-state index in [9.17, 15) is 0 Å². The molecule has 0 aliphatic rings. The smallest absolute Gasteiger partial charge is 0.0408 e. The van der Waals surface area contributed by atoms with Gasteiger partial charge in [0, 0.05) is 11.1 Å². The Morgan fingerprint density at radius 2 is 2.00 bits per heavy atom. The first-order valence-corrected chi connectivity index (χ1v) is 7.76. The molecule has 19 heavy (non-hydrogen) atoms. The summed E-state index contributed by atoms with van der Waals surface area (Å²) < 4.78 is 0. The van der Waals surface area contributed by atoms with E-state index >= 15 is 0 Å². The molecule has 1 aromatic rings. The van der Waals surface area contributed by atoms with Gasteiger partial charge >= 0.3 is 0 Å². The fourth-order valence-electron chi connectivity index (χ4n) is 2.18. The van der Waals surface area contributed by atoms with Gasteiger partial charge in [0.1, 0.15) is 0 Å². The fourth-order valence-corrected chi connectivity index (χ4v) is 2.39. The zero-order valence-corrected chi connectivity index (χ0v) is 13.6. The van der Waals surface area contributed by atoms with Gasteiger partial charge in [-0.2, -0.15) is 0 Å². The summed E-state index contributed by atoms with van der Waals surface area (Å²) in [5, 5.41) is 4.50. The topological polar surface area (TPSA) is 12.0 Å². The summed E-state index contributed by atoms with van der Waals surface area (Å²) in [6, 6.07) is 8.79. The molecular formula is C17H28ClN. The average Bonchev–Trinajstić information content (AvgIpc) is 2.31. The number of rotatable bonds is 7. The minimum absolute atomic E-state index is 0.403. The van der Waals surface area contributed by atoms with Crippen molar-refractivity contribution >= 4 is 11.6 Å². The van der Waals surface area contributed by atoms with Crippen molar-refractivity contribution < 1.29 is 0 Å². The monoisotopic (exact) mass is 281 g/mol. The van der Waals surface area contributed by atoms with E-state index < -0.39 is 0 Å². The van der Waals surface area contributed by atoms with Crippen molar-refractivity contribution in [1.29, 1.82) is 0 Å². The normalized spacial score (nSPS) is 13.5. The number of hydrogen-bond donors (Lipinski definition) is 1. The molecule has 0 aliphatic carbocycles. The molecule has 0 amide bonds. The largest absolute Gasteiger partial charge is 0.314 e. The van der Waals surface area contributed by atoms with E-state index in [1.807, 2.05) is 12.1 Å². The molecule has 0 radical (unpaired) electrons. The summed E-state index contributed by atoms with van der Waals surface area (Å²) in [5.41, 5.74) is 1.73. The zero-order chi connectivity index (χ0) is 14.3. The predicted octanol–water partition coefficient (Wildman–Crippen LogP) is 5.08. The van der Waals surface area contributed by atoms with E-state index in [2.05, 4.69) is 45.1 Å². The van der Waals surface area contributed by atoms with Crippen LogP contribution in [-0.4, -0.2) is 12.6 Å². The second-order valence-electron chi connectivity index (χ2n) is 6.58. The van der Waals surface area contributed by atoms with Crippen LogP contribution < -0.4 is 5.32 Å². The molecule has 0 aliphatic heterocycles. The van der Waals surface area contributed by atoms with Gasteiger partial charge in [0.05, 0.1) is 0 Å². The number of hydrogen-bond acceptors (Lipinski definition) is 1. The summed E-state index contributed by atoms with van der Waals surface area (Å²) in [4.78, 5) is 0. The Labute approximate surface area is 123 Å². The molecule has 108 valence electrons. The first kappa shape index (κ1) is 16.5. The highest BCUT2D eigenvalue weighted by Crippen LogP contribution is 2.23. The first-order chi connectivity index (χ1) is 8.90. The van der Waals surface area contributed by atoms with E-state index in [0.29, 0.717) is 11.5 Å². The van der Waals surface area contributed by atoms with Crippen LogP contribution in [0.3, 0.4) is 0 Å². The zero-order valence-electron chi connectivity index (χ0n) is 12.8. The van der Waals surface area contributed by atoms with Crippen LogP contribution in [0.2, 0.25) is 5.02 Å². The number of halogens is 1. The van der Waals surface area contributed by atoms with Crippen LogP contribution in [0.1, 0.15) is 52.5 Å². The molecule has 1 N–H and O–H groups in total. The molecule has 0 aromatic heterocycles. The van der Waals surface area contributed by atoms with Crippen molar-refractivity contribution in [3.8, 4) is 0 Å². The third-order valence-electron chi connectivity index (χ3n) is 3.30. The Balaban J connectivity index is 2.58. The molecule has 0 saturated heterocycles.